The fraction of sp³-hybridized carbons (Fsp3) is 0.308. The van der Waals surface area contributed by atoms with E-state index in [2.05, 4.69) is 5.32 Å². The van der Waals surface area contributed by atoms with Crippen molar-refractivity contribution in [1.29, 1.82) is 0 Å². The van der Waals surface area contributed by atoms with Crippen LogP contribution in [0.25, 0.3) is 0 Å². The first kappa shape index (κ1) is 13.9. The fourth-order valence-electron chi connectivity index (χ4n) is 1.93. The molecule has 0 bridgehead atoms. The number of halogens is 4. The predicted octanol–water partition coefficient (Wildman–Crippen LogP) is 4.18. The maximum atomic E-state index is 12.7. The second kappa shape index (κ2) is 5.25. The Morgan fingerprint density at radius 1 is 1.16 bits per heavy atom. The summed E-state index contributed by atoms with van der Waals surface area (Å²) < 4.78 is 38.0. The summed E-state index contributed by atoms with van der Waals surface area (Å²) in [4.78, 5) is 11.3. The van der Waals surface area contributed by atoms with Crippen LogP contribution in [0.1, 0.15) is 12.8 Å². The molecular formula is C13H11ClF3NO. The van der Waals surface area contributed by atoms with E-state index in [1.54, 1.807) is 24.3 Å². The maximum absolute atomic E-state index is 12.7. The zero-order valence-corrected chi connectivity index (χ0v) is 10.6. The predicted molar refractivity (Wildman–Crippen MR) is 66.9 cm³/mol. The van der Waals surface area contributed by atoms with Gasteiger partial charge in [-0.25, -0.2) is 0 Å². The average molecular weight is 290 g/mol. The van der Waals surface area contributed by atoms with Gasteiger partial charge in [0.15, 0.2) is 5.78 Å². The van der Waals surface area contributed by atoms with E-state index in [0.717, 1.165) is 0 Å². The molecule has 1 aromatic rings. The number of carbonyl (C=O) groups is 1. The third-order valence-electron chi connectivity index (χ3n) is 2.86. The lowest BCUT2D eigenvalue weighted by molar-refractivity contribution is -0.178. The highest BCUT2D eigenvalue weighted by Crippen LogP contribution is 2.36. The Morgan fingerprint density at radius 3 is 2.37 bits per heavy atom. The van der Waals surface area contributed by atoms with Gasteiger partial charge in [-0.2, -0.15) is 13.2 Å². The number of anilines is 1. The van der Waals surface area contributed by atoms with Crippen molar-refractivity contribution < 1.29 is 18.0 Å². The minimum absolute atomic E-state index is 0.210. The SMILES string of the molecule is O=C1C=C(Nc2ccc(Cl)cc2)CC(C(F)(F)F)C1. The highest BCUT2D eigenvalue weighted by Gasteiger charge is 2.42. The third-order valence-corrected chi connectivity index (χ3v) is 3.11. The molecule has 0 radical (unpaired) electrons. The molecule has 0 saturated carbocycles. The van der Waals surface area contributed by atoms with Gasteiger partial charge in [-0.3, -0.25) is 4.79 Å². The molecular weight excluding hydrogens is 279 g/mol. The Bertz CT molecular complexity index is 508. The van der Waals surface area contributed by atoms with Crippen molar-refractivity contribution in [3.8, 4) is 0 Å². The fourth-order valence-corrected chi connectivity index (χ4v) is 2.06. The summed E-state index contributed by atoms with van der Waals surface area (Å²) in [6.07, 6.45) is -3.80. The van der Waals surface area contributed by atoms with Gasteiger partial charge in [-0.05, 0) is 30.7 Å². The van der Waals surface area contributed by atoms with Gasteiger partial charge in [-0.1, -0.05) is 11.6 Å². The Morgan fingerprint density at radius 2 is 1.79 bits per heavy atom. The number of hydrogen-bond acceptors (Lipinski definition) is 2. The van der Waals surface area contributed by atoms with Crippen LogP contribution in [0.4, 0.5) is 18.9 Å². The summed E-state index contributed by atoms with van der Waals surface area (Å²) in [6.45, 7) is 0. The molecule has 2 nitrogen and oxygen atoms in total. The van der Waals surface area contributed by atoms with Crippen molar-refractivity contribution in [2.45, 2.75) is 19.0 Å². The molecule has 19 heavy (non-hydrogen) atoms. The number of allylic oxidation sites excluding steroid dienone is 2. The topological polar surface area (TPSA) is 29.1 Å². The molecule has 1 aliphatic carbocycles. The van der Waals surface area contributed by atoms with Crippen molar-refractivity contribution in [3.05, 3.63) is 41.1 Å². The maximum Gasteiger partial charge on any atom is 0.392 e. The number of rotatable bonds is 2. The van der Waals surface area contributed by atoms with E-state index in [1.165, 1.54) is 6.08 Å². The average Bonchev–Trinajstić information content (AvgIpc) is 2.30. The van der Waals surface area contributed by atoms with Crippen LogP contribution in [0.5, 0.6) is 0 Å². The van der Waals surface area contributed by atoms with Crippen LogP contribution in [-0.4, -0.2) is 12.0 Å². The van der Waals surface area contributed by atoms with E-state index < -0.39 is 24.3 Å². The molecule has 1 aliphatic rings. The van der Waals surface area contributed by atoms with Crippen molar-refractivity contribution in [3.63, 3.8) is 0 Å². The van der Waals surface area contributed by atoms with E-state index in [0.29, 0.717) is 10.7 Å². The summed E-state index contributed by atoms with van der Waals surface area (Å²) in [5.74, 6) is -2.12. The van der Waals surface area contributed by atoms with Crippen molar-refractivity contribution in [2.24, 2.45) is 5.92 Å². The van der Waals surface area contributed by atoms with Crippen LogP contribution in [0.15, 0.2) is 36.0 Å². The zero-order valence-electron chi connectivity index (χ0n) is 9.80. The standard InChI is InChI=1S/C13H11ClF3NO/c14-9-1-3-10(4-2-9)18-11-5-8(13(15,16)17)6-12(19)7-11/h1-4,7-8,18H,5-6H2. The van der Waals surface area contributed by atoms with Gasteiger partial charge in [-0.15, -0.1) is 0 Å². The Labute approximate surface area is 113 Å². The summed E-state index contributed by atoms with van der Waals surface area (Å²) in [6, 6.07) is 6.53. The molecule has 102 valence electrons. The molecule has 1 unspecified atom stereocenters. The molecule has 1 aromatic carbocycles. The normalized spacial score (nSPS) is 20.1. The second-order valence-corrected chi connectivity index (χ2v) is 4.85. The summed E-state index contributed by atoms with van der Waals surface area (Å²) in [5.41, 5.74) is 0.882. The van der Waals surface area contributed by atoms with E-state index >= 15 is 0 Å². The Balaban J connectivity index is 2.12. The van der Waals surface area contributed by atoms with Crippen LogP contribution in [0, 0.1) is 5.92 Å². The first-order valence-electron chi connectivity index (χ1n) is 5.67. The monoisotopic (exact) mass is 289 g/mol. The van der Waals surface area contributed by atoms with Crippen LogP contribution in [0.2, 0.25) is 5.02 Å². The molecule has 2 rings (SSSR count). The highest BCUT2D eigenvalue weighted by molar-refractivity contribution is 6.30. The van der Waals surface area contributed by atoms with E-state index in [1.807, 2.05) is 0 Å². The van der Waals surface area contributed by atoms with Crippen LogP contribution in [-0.2, 0) is 4.79 Å². The van der Waals surface area contributed by atoms with E-state index in [9.17, 15) is 18.0 Å². The first-order valence-corrected chi connectivity index (χ1v) is 6.05. The van der Waals surface area contributed by atoms with Gasteiger partial charge in [0, 0.05) is 28.9 Å². The molecule has 0 saturated heterocycles. The van der Waals surface area contributed by atoms with E-state index in [-0.39, 0.29) is 12.1 Å². The van der Waals surface area contributed by atoms with Gasteiger partial charge in [0.1, 0.15) is 0 Å². The number of ketones is 1. The lowest BCUT2D eigenvalue weighted by Gasteiger charge is -2.25. The molecule has 0 fully saturated rings. The highest BCUT2D eigenvalue weighted by atomic mass is 35.5. The molecule has 0 amide bonds. The molecule has 1 N–H and O–H groups in total. The van der Waals surface area contributed by atoms with Gasteiger partial charge in [0.05, 0.1) is 5.92 Å². The lowest BCUT2D eigenvalue weighted by atomic mass is 9.90. The van der Waals surface area contributed by atoms with Crippen LogP contribution in [0.3, 0.4) is 0 Å². The third kappa shape index (κ3) is 3.73. The smallest absolute Gasteiger partial charge is 0.359 e. The number of nitrogens with one attached hydrogen (secondary N) is 1. The van der Waals surface area contributed by atoms with Crippen molar-refractivity contribution in [1.82, 2.24) is 0 Å². The van der Waals surface area contributed by atoms with E-state index in [4.69, 9.17) is 11.6 Å². The number of hydrogen-bond donors (Lipinski definition) is 1. The number of carbonyl (C=O) groups excluding carboxylic acids is 1. The summed E-state index contributed by atoms with van der Waals surface area (Å²) >= 11 is 5.72. The molecule has 1 atom stereocenters. The number of benzene rings is 1. The van der Waals surface area contributed by atoms with Crippen molar-refractivity contribution in [2.75, 3.05) is 5.32 Å². The molecule has 0 aliphatic heterocycles. The minimum atomic E-state index is -4.35. The Hall–Kier alpha value is -1.49. The Kier molecular flexibility index (Phi) is 3.85. The molecule has 6 heteroatoms. The molecule has 0 spiro atoms. The largest absolute Gasteiger partial charge is 0.392 e. The van der Waals surface area contributed by atoms with Crippen LogP contribution >= 0.6 is 11.6 Å². The second-order valence-electron chi connectivity index (χ2n) is 4.41. The van der Waals surface area contributed by atoms with Crippen LogP contribution < -0.4 is 5.32 Å². The summed E-state index contributed by atoms with van der Waals surface area (Å²) in [7, 11) is 0. The molecule has 0 heterocycles. The van der Waals surface area contributed by atoms with Gasteiger partial charge >= 0.3 is 6.18 Å². The van der Waals surface area contributed by atoms with Crippen molar-refractivity contribution >= 4 is 23.1 Å². The minimum Gasteiger partial charge on any atom is -0.359 e. The van der Waals surface area contributed by atoms with Gasteiger partial charge < -0.3 is 5.32 Å². The first-order chi connectivity index (χ1) is 8.84. The zero-order chi connectivity index (χ0) is 14.0. The molecule has 0 aromatic heterocycles. The summed E-state index contributed by atoms with van der Waals surface area (Å²) in [5, 5.41) is 3.36. The lowest BCUT2D eigenvalue weighted by Crippen LogP contribution is -2.29. The number of alkyl halides is 3. The van der Waals surface area contributed by atoms with Gasteiger partial charge in [0.2, 0.25) is 0 Å². The van der Waals surface area contributed by atoms with Gasteiger partial charge in [0.25, 0.3) is 0 Å². The quantitative estimate of drug-likeness (QED) is 0.885.